The van der Waals surface area contributed by atoms with Gasteiger partial charge in [-0.2, -0.15) is 5.10 Å². The molecule has 0 aliphatic heterocycles. The monoisotopic (exact) mass is 429 g/mol. The van der Waals surface area contributed by atoms with Crippen LogP contribution in [0, 0.1) is 6.92 Å². The Hall–Kier alpha value is -1.73. The minimum absolute atomic E-state index is 0.0146. The van der Waals surface area contributed by atoms with Crippen LogP contribution < -0.4 is 4.72 Å². The van der Waals surface area contributed by atoms with E-state index in [-0.39, 0.29) is 20.0 Å². The van der Waals surface area contributed by atoms with Crippen LogP contribution in [0.15, 0.2) is 53.7 Å². The lowest BCUT2D eigenvalue weighted by Gasteiger charge is -2.09. The molecule has 26 heavy (non-hydrogen) atoms. The van der Waals surface area contributed by atoms with Crippen LogP contribution in [0.4, 0.5) is 5.69 Å². The maximum absolute atomic E-state index is 12.6. The van der Waals surface area contributed by atoms with Gasteiger partial charge in [0.05, 0.1) is 33.5 Å². The number of benzene rings is 2. The molecule has 5 nitrogen and oxygen atoms in total. The van der Waals surface area contributed by atoms with Gasteiger partial charge in [-0.25, -0.2) is 8.42 Å². The second-order valence-electron chi connectivity index (χ2n) is 5.66. The Kier molecular flexibility index (Phi) is 5.48. The van der Waals surface area contributed by atoms with E-state index in [9.17, 15) is 8.42 Å². The van der Waals surface area contributed by atoms with Crippen LogP contribution >= 0.6 is 34.8 Å². The summed E-state index contributed by atoms with van der Waals surface area (Å²) < 4.78 is 29.2. The first-order valence-corrected chi connectivity index (χ1v) is 10.1. The van der Waals surface area contributed by atoms with Crippen molar-refractivity contribution in [3.63, 3.8) is 0 Å². The summed E-state index contributed by atoms with van der Waals surface area (Å²) in [5, 5.41) is 4.46. The summed E-state index contributed by atoms with van der Waals surface area (Å²) in [5.74, 6) is 0. The summed E-state index contributed by atoms with van der Waals surface area (Å²) >= 11 is 17.7. The predicted octanol–water partition coefficient (Wildman–Crippen LogP) is 5.00. The van der Waals surface area contributed by atoms with Crippen molar-refractivity contribution in [1.29, 1.82) is 0 Å². The zero-order valence-electron chi connectivity index (χ0n) is 13.6. The topological polar surface area (TPSA) is 64.0 Å². The van der Waals surface area contributed by atoms with Crippen LogP contribution in [0.3, 0.4) is 0 Å². The number of sulfonamides is 1. The van der Waals surface area contributed by atoms with Crippen LogP contribution in [0.2, 0.25) is 15.1 Å². The fourth-order valence-corrected chi connectivity index (χ4v) is 4.42. The lowest BCUT2D eigenvalue weighted by molar-refractivity contribution is 0.601. The average Bonchev–Trinajstić information content (AvgIpc) is 2.99. The number of nitrogens with zero attached hydrogens (tertiary/aromatic N) is 2. The molecular formula is C17H14Cl3N3O2S. The molecular weight excluding hydrogens is 417 g/mol. The van der Waals surface area contributed by atoms with Crippen LogP contribution in [0.25, 0.3) is 0 Å². The quantitative estimate of drug-likeness (QED) is 0.579. The van der Waals surface area contributed by atoms with Gasteiger partial charge in [0, 0.05) is 6.20 Å². The summed E-state index contributed by atoms with van der Waals surface area (Å²) in [6, 6.07) is 10.4. The molecule has 1 aromatic heterocycles. The van der Waals surface area contributed by atoms with Gasteiger partial charge < -0.3 is 0 Å². The van der Waals surface area contributed by atoms with Crippen molar-refractivity contribution in [3.05, 3.63) is 75.0 Å². The molecule has 0 atom stereocenters. The Morgan fingerprint density at radius 2 is 1.77 bits per heavy atom. The largest absolute Gasteiger partial charge is 0.276 e. The number of hydrogen-bond acceptors (Lipinski definition) is 3. The molecule has 0 aliphatic carbocycles. The van der Waals surface area contributed by atoms with Gasteiger partial charge in [0.25, 0.3) is 10.0 Å². The number of halogens is 3. The van der Waals surface area contributed by atoms with Gasteiger partial charge in [0.1, 0.15) is 4.90 Å². The van der Waals surface area contributed by atoms with Crippen molar-refractivity contribution in [2.24, 2.45) is 0 Å². The minimum atomic E-state index is -3.93. The number of nitrogens with one attached hydrogen (secondary N) is 1. The van der Waals surface area contributed by atoms with Gasteiger partial charge in [-0.05, 0) is 30.2 Å². The van der Waals surface area contributed by atoms with Gasteiger partial charge in [-0.3, -0.25) is 9.40 Å². The lowest BCUT2D eigenvalue weighted by atomic mass is 10.1. The molecule has 0 unspecified atom stereocenters. The van der Waals surface area contributed by atoms with Crippen LogP contribution in [-0.2, 0) is 16.6 Å². The molecule has 0 saturated carbocycles. The zero-order valence-corrected chi connectivity index (χ0v) is 16.7. The lowest BCUT2D eigenvalue weighted by Crippen LogP contribution is -2.13. The summed E-state index contributed by atoms with van der Waals surface area (Å²) in [4.78, 5) is -0.153. The Labute approximate surface area is 166 Å². The molecule has 0 bridgehead atoms. The standard InChI is InChI=1S/C17H14Cl3N3O2S/c1-11-4-2-3-5-12(11)9-23-10-13(8-21-23)22-26(24,25)17-7-15(19)14(18)6-16(17)20/h2-8,10,22H,9H2,1H3. The molecule has 0 amide bonds. The third-order valence-electron chi connectivity index (χ3n) is 3.74. The molecule has 9 heteroatoms. The van der Waals surface area contributed by atoms with Gasteiger partial charge in [0.2, 0.25) is 0 Å². The molecule has 136 valence electrons. The molecule has 2 aromatic carbocycles. The van der Waals surface area contributed by atoms with Crippen LogP contribution in [0.1, 0.15) is 11.1 Å². The van der Waals surface area contributed by atoms with E-state index in [1.54, 1.807) is 10.9 Å². The number of hydrogen-bond donors (Lipinski definition) is 1. The van der Waals surface area contributed by atoms with Crippen molar-refractivity contribution in [3.8, 4) is 0 Å². The summed E-state index contributed by atoms with van der Waals surface area (Å²) in [7, 11) is -3.93. The Balaban J connectivity index is 1.82. The molecule has 3 rings (SSSR count). The molecule has 3 aromatic rings. The number of aromatic nitrogens is 2. The van der Waals surface area contributed by atoms with Crippen molar-refractivity contribution in [2.75, 3.05) is 4.72 Å². The Morgan fingerprint density at radius 1 is 1.08 bits per heavy atom. The molecule has 0 fully saturated rings. The van der Waals surface area contributed by atoms with Crippen LogP contribution in [0.5, 0.6) is 0 Å². The van der Waals surface area contributed by atoms with E-state index in [1.165, 1.54) is 18.3 Å². The normalized spacial score (nSPS) is 11.5. The summed E-state index contributed by atoms with van der Waals surface area (Å²) in [6.07, 6.45) is 3.04. The highest BCUT2D eigenvalue weighted by atomic mass is 35.5. The number of rotatable bonds is 5. The highest BCUT2D eigenvalue weighted by molar-refractivity contribution is 7.92. The first-order chi connectivity index (χ1) is 12.3. The van der Waals surface area contributed by atoms with Crippen molar-refractivity contribution in [1.82, 2.24) is 9.78 Å². The van der Waals surface area contributed by atoms with E-state index in [0.29, 0.717) is 12.2 Å². The minimum Gasteiger partial charge on any atom is -0.276 e. The number of anilines is 1. The summed E-state index contributed by atoms with van der Waals surface area (Å²) in [5.41, 5.74) is 2.55. The fourth-order valence-electron chi connectivity index (χ4n) is 2.39. The second kappa shape index (κ2) is 7.48. The van der Waals surface area contributed by atoms with Gasteiger partial charge in [-0.15, -0.1) is 0 Å². The van der Waals surface area contributed by atoms with Crippen molar-refractivity contribution < 1.29 is 8.42 Å². The smallest absolute Gasteiger partial charge is 0.263 e. The third-order valence-corrected chi connectivity index (χ3v) is 6.31. The zero-order chi connectivity index (χ0) is 18.9. The molecule has 0 aliphatic rings. The van der Waals surface area contributed by atoms with E-state index < -0.39 is 10.0 Å². The van der Waals surface area contributed by atoms with E-state index in [4.69, 9.17) is 34.8 Å². The van der Waals surface area contributed by atoms with E-state index >= 15 is 0 Å². The average molecular weight is 431 g/mol. The Bertz CT molecular complexity index is 1060. The molecule has 0 spiro atoms. The van der Waals surface area contributed by atoms with E-state index in [2.05, 4.69) is 9.82 Å². The SMILES string of the molecule is Cc1ccccc1Cn1cc(NS(=O)(=O)c2cc(Cl)c(Cl)cc2Cl)cn1. The molecule has 0 radical (unpaired) electrons. The molecule has 0 saturated heterocycles. The maximum Gasteiger partial charge on any atom is 0.263 e. The maximum atomic E-state index is 12.6. The first-order valence-electron chi connectivity index (χ1n) is 7.50. The van der Waals surface area contributed by atoms with Crippen LogP contribution in [-0.4, -0.2) is 18.2 Å². The fraction of sp³-hybridized carbons (Fsp3) is 0.118. The highest BCUT2D eigenvalue weighted by Crippen LogP contribution is 2.32. The second-order valence-corrected chi connectivity index (χ2v) is 8.53. The van der Waals surface area contributed by atoms with E-state index in [1.807, 2.05) is 31.2 Å². The summed E-state index contributed by atoms with van der Waals surface area (Å²) in [6.45, 7) is 2.54. The molecule has 1 N–H and O–H groups in total. The van der Waals surface area contributed by atoms with Crippen molar-refractivity contribution in [2.45, 2.75) is 18.4 Å². The van der Waals surface area contributed by atoms with E-state index in [0.717, 1.165) is 11.1 Å². The van der Waals surface area contributed by atoms with Gasteiger partial charge >= 0.3 is 0 Å². The number of aryl methyl sites for hydroxylation is 1. The Morgan fingerprint density at radius 3 is 2.50 bits per heavy atom. The van der Waals surface area contributed by atoms with Gasteiger partial charge in [-0.1, -0.05) is 59.1 Å². The first kappa shape index (κ1) is 19.0. The van der Waals surface area contributed by atoms with Gasteiger partial charge in [0.15, 0.2) is 0 Å². The third kappa shape index (κ3) is 4.15. The van der Waals surface area contributed by atoms with Crippen molar-refractivity contribution >= 4 is 50.5 Å². The molecule has 1 heterocycles. The predicted molar refractivity (Wildman–Crippen MR) is 105 cm³/mol. The highest BCUT2D eigenvalue weighted by Gasteiger charge is 2.20.